The first-order valence-corrected chi connectivity index (χ1v) is 14.0. The van der Waals surface area contributed by atoms with Gasteiger partial charge in [-0.1, -0.05) is 6.42 Å². The molecule has 13 heteroatoms. The number of esters is 2. The van der Waals surface area contributed by atoms with Gasteiger partial charge in [0.2, 0.25) is 0 Å². The number of thiophene rings is 1. The van der Waals surface area contributed by atoms with E-state index in [0.29, 0.717) is 28.3 Å². The highest BCUT2D eigenvalue weighted by Gasteiger charge is 2.28. The van der Waals surface area contributed by atoms with Gasteiger partial charge < -0.3 is 14.8 Å². The summed E-state index contributed by atoms with van der Waals surface area (Å²) in [6, 6.07) is 11.3. The molecule has 0 fully saturated rings. The van der Waals surface area contributed by atoms with Crippen LogP contribution in [0.3, 0.4) is 0 Å². The number of anilines is 1. The molecular formula is C29H28N4O8S. The van der Waals surface area contributed by atoms with E-state index < -0.39 is 28.7 Å². The van der Waals surface area contributed by atoms with Crippen molar-refractivity contribution in [2.45, 2.75) is 46.0 Å². The number of nitro benzene ring substituents is 1. The van der Waals surface area contributed by atoms with E-state index in [9.17, 15) is 29.3 Å². The fourth-order valence-electron chi connectivity index (χ4n) is 4.31. The second-order valence-electron chi connectivity index (χ2n) is 9.30. The van der Waals surface area contributed by atoms with Crippen LogP contribution in [0.25, 0.3) is 0 Å². The minimum atomic E-state index is -1.01. The minimum Gasteiger partial charge on any atom is -0.462 e. The maximum atomic E-state index is 12.7. The summed E-state index contributed by atoms with van der Waals surface area (Å²) in [6.45, 7) is 3.51. The van der Waals surface area contributed by atoms with Crippen LogP contribution in [0.5, 0.6) is 5.75 Å². The maximum Gasteiger partial charge on any atom is 0.343 e. The number of non-ortho nitro benzene ring substituents is 1. The molecule has 0 saturated heterocycles. The molecule has 12 nitrogen and oxygen atoms in total. The Hall–Kier alpha value is -4.91. The van der Waals surface area contributed by atoms with Crippen molar-refractivity contribution in [3.05, 3.63) is 85.8 Å². The minimum absolute atomic E-state index is 0.141. The van der Waals surface area contributed by atoms with Crippen molar-refractivity contribution in [3.63, 3.8) is 0 Å². The smallest absolute Gasteiger partial charge is 0.343 e. The number of hydrogen-bond acceptors (Lipinski definition) is 10. The molecular weight excluding hydrogens is 564 g/mol. The van der Waals surface area contributed by atoms with Crippen molar-refractivity contribution >= 4 is 51.5 Å². The van der Waals surface area contributed by atoms with Crippen LogP contribution in [-0.2, 0) is 27.2 Å². The van der Waals surface area contributed by atoms with E-state index in [1.54, 1.807) is 26.0 Å². The number of benzene rings is 2. The number of hydrogen-bond donors (Lipinski definition) is 2. The molecule has 3 aromatic rings. The number of nitro groups is 1. The zero-order chi connectivity index (χ0) is 30.2. The predicted octanol–water partition coefficient (Wildman–Crippen LogP) is 4.80. The Morgan fingerprint density at radius 1 is 0.929 bits per heavy atom. The summed E-state index contributed by atoms with van der Waals surface area (Å²) in [4.78, 5) is 61.4. The first-order chi connectivity index (χ1) is 20.2. The third-order valence-corrected chi connectivity index (χ3v) is 7.66. The summed E-state index contributed by atoms with van der Waals surface area (Å²) < 4.78 is 10.5. The van der Waals surface area contributed by atoms with Crippen LogP contribution in [0.1, 0.15) is 69.8 Å². The Morgan fingerprint density at radius 2 is 1.60 bits per heavy atom. The summed E-state index contributed by atoms with van der Waals surface area (Å²) in [5.74, 6) is -2.97. The van der Waals surface area contributed by atoms with E-state index in [0.717, 1.165) is 36.1 Å². The fourth-order valence-corrected chi connectivity index (χ4v) is 5.58. The average molecular weight is 593 g/mol. The lowest BCUT2D eigenvalue weighted by Gasteiger charge is -2.08. The van der Waals surface area contributed by atoms with Gasteiger partial charge in [0.05, 0.1) is 28.4 Å². The molecule has 1 aromatic heterocycles. The van der Waals surface area contributed by atoms with Crippen LogP contribution in [0.4, 0.5) is 10.7 Å². The summed E-state index contributed by atoms with van der Waals surface area (Å²) in [7, 11) is 0. The second kappa shape index (κ2) is 13.6. The molecule has 0 atom stereocenters. The van der Waals surface area contributed by atoms with E-state index in [1.807, 2.05) is 0 Å². The molecule has 4 rings (SSSR count). The molecule has 0 spiro atoms. The average Bonchev–Trinajstić information content (AvgIpc) is 3.15. The lowest BCUT2D eigenvalue weighted by molar-refractivity contribution is -0.384. The highest BCUT2D eigenvalue weighted by Crippen LogP contribution is 2.38. The van der Waals surface area contributed by atoms with Gasteiger partial charge in [-0.25, -0.2) is 15.0 Å². The first kappa shape index (κ1) is 30.1. The van der Waals surface area contributed by atoms with Gasteiger partial charge >= 0.3 is 23.8 Å². The number of nitrogens with one attached hydrogen (secondary N) is 2. The summed E-state index contributed by atoms with van der Waals surface area (Å²) in [5, 5.41) is 17.6. The van der Waals surface area contributed by atoms with Gasteiger partial charge in [-0.15, -0.1) is 11.3 Å². The monoisotopic (exact) mass is 592 g/mol. The zero-order valence-corrected chi connectivity index (χ0v) is 23.7. The standard InChI is InChI=1S/C29H28N4O8S/c1-3-40-29(37)24-22-7-5-4-6-8-23(22)42-27(24)30-25(34)26(35)32-31-17(2)18-11-15-21(16-12-18)41-28(36)19-9-13-20(14-10-19)33(38)39/h9-16H,3-8H2,1-2H3,(H,30,34)(H,32,35)/b31-17+. The number of carbonyl (C=O) groups is 4. The van der Waals surface area contributed by atoms with Gasteiger partial charge in [-0.3, -0.25) is 19.7 Å². The van der Waals surface area contributed by atoms with Gasteiger partial charge in [0.15, 0.2) is 0 Å². The predicted molar refractivity (Wildman–Crippen MR) is 155 cm³/mol. The Balaban J connectivity index is 1.37. The van der Waals surface area contributed by atoms with Crippen LogP contribution in [-0.4, -0.2) is 41.0 Å². The van der Waals surface area contributed by atoms with Gasteiger partial charge in [-0.2, -0.15) is 5.10 Å². The van der Waals surface area contributed by atoms with E-state index >= 15 is 0 Å². The molecule has 0 saturated carbocycles. The van der Waals surface area contributed by atoms with E-state index in [1.165, 1.54) is 47.7 Å². The second-order valence-corrected chi connectivity index (χ2v) is 10.4. The number of rotatable bonds is 8. The number of amides is 2. The van der Waals surface area contributed by atoms with E-state index in [2.05, 4.69) is 15.8 Å². The summed E-state index contributed by atoms with van der Waals surface area (Å²) in [5.41, 5.74) is 4.37. The third-order valence-electron chi connectivity index (χ3n) is 6.46. The lowest BCUT2D eigenvalue weighted by Crippen LogP contribution is -2.33. The van der Waals surface area contributed by atoms with Crippen LogP contribution in [0.2, 0.25) is 0 Å². The van der Waals surface area contributed by atoms with Gasteiger partial charge in [-0.05, 0) is 87.1 Å². The van der Waals surface area contributed by atoms with Crippen LogP contribution < -0.4 is 15.5 Å². The highest BCUT2D eigenvalue weighted by atomic mass is 32.1. The van der Waals surface area contributed by atoms with Crippen molar-refractivity contribution < 1.29 is 33.6 Å². The molecule has 42 heavy (non-hydrogen) atoms. The van der Waals surface area contributed by atoms with Crippen molar-refractivity contribution in [2.24, 2.45) is 5.10 Å². The Morgan fingerprint density at radius 3 is 2.26 bits per heavy atom. The Labute approximate surface area is 244 Å². The van der Waals surface area contributed by atoms with Crippen molar-refractivity contribution in [1.82, 2.24) is 5.43 Å². The number of aryl methyl sites for hydroxylation is 1. The molecule has 0 aliphatic heterocycles. The normalized spacial score (nSPS) is 12.9. The fraction of sp³-hybridized carbons (Fsp3) is 0.276. The van der Waals surface area contributed by atoms with Crippen molar-refractivity contribution in [1.29, 1.82) is 0 Å². The molecule has 0 bridgehead atoms. The molecule has 1 aliphatic carbocycles. The summed E-state index contributed by atoms with van der Waals surface area (Å²) in [6.07, 6.45) is 4.48. The Kier molecular flexibility index (Phi) is 9.76. The van der Waals surface area contributed by atoms with Gasteiger partial charge in [0.25, 0.3) is 5.69 Å². The third kappa shape index (κ3) is 7.23. The van der Waals surface area contributed by atoms with Gasteiger partial charge in [0, 0.05) is 17.0 Å². The molecule has 0 radical (unpaired) electrons. The highest BCUT2D eigenvalue weighted by molar-refractivity contribution is 7.17. The number of nitrogens with zero attached hydrogens (tertiary/aromatic N) is 2. The topological polar surface area (TPSA) is 166 Å². The molecule has 2 N–H and O–H groups in total. The van der Waals surface area contributed by atoms with Crippen molar-refractivity contribution in [2.75, 3.05) is 11.9 Å². The van der Waals surface area contributed by atoms with Crippen LogP contribution in [0.15, 0.2) is 53.6 Å². The SMILES string of the molecule is CCOC(=O)c1c(NC(=O)C(=O)N/N=C(\C)c2ccc(OC(=O)c3ccc([N+](=O)[O-])cc3)cc2)sc2c1CCCCC2. The number of carbonyl (C=O) groups excluding carboxylic acids is 4. The van der Waals surface area contributed by atoms with E-state index in [4.69, 9.17) is 9.47 Å². The summed E-state index contributed by atoms with van der Waals surface area (Å²) >= 11 is 1.29. The van der Waals surface area contributed by atoms with Crippen molar-refractivity contribution in [3.8, 4) is 5.75 Å². The molecule has 1 aliphatic rings. The number of hydrazone groups is 1. The maximum absolute atomic E-state index is 12.7. The first-order valence-electron chi connectivity index (χ1n) is 13.2. The Bertz CT molecular complexity index is 1540. The van der Waals surface area contributed by atoms with E-state index in [-0.39, 0.29) is 23.6 Å². The van der Waals surface area contributed by atoms with Crippen LogP contribution in [0, 0.1) is 10.1 Å². The number of ether oxygens (including phenoxy) is 2. The lowest BCUT2D eigenvalue weighted by atomic mass is 10.1. The quantitative estimate of drug-likeness (QED) is 0.0716. The zero-order valence-electron chi connectivity index (χ0n) is 22.9. The molecule has 0 unspecified atom stereocenters. The number of fused-ring (bicyclic) bond motifs is 1. The van der Waals surface area contributed by atoms with Crippen LogP contribution >= 0.6 is 11.3 Å². The molecule has 218 valence electrons. The molecule has 2 amide bonds. The van der Waals surface area contributed by atoms with Gasteiger partial charge in [0.1, 0.15) is 10.8 Å². The largest absolute Gasteiger partial charge is 0.462 e. The molecule has 1 heterocycles. The molecule has 2 aromatic carbocycles.